The van der Waals surface area contributed by atoms with E-state index >= 15 is 0 Å². The van der Waals surface area contributed by atoms with Crippen LogP contribution in [0.2, 0.25) is 0 Å². The number of carbonyl (C=O) groups is 1. The molecule has 39 heavy (non-hydrogen) atoms. The SMILES string of the molecule is Nc1ncnc2c1c(-c1ccc(Oc3ccccc3)cc1)nn2C1CCN(C(=O)/C=C/CNC2CCOC2)C1. The molecule has 0 radical (unpaired) electrons. The van der Waals surface area contributed by atoms with Crippen LogP contribution in [-0.2, 0) is 9.53 Å². The zero-order valence-electron chi connectivity index (χ0n) is 21.6. The molecule has 0 saturated carbocycles. The van der Waals surface area contributed by atoms with Crippen molar-refractivity contribution in [3.8, 4) is 22.8 Å². The number of ether oxygens (including phenoxy) is 2. The van der Waals surface area contributed by atoms with Crippen LogP contribution < -0.4 is 15.8 Å². The van der Waals surface area contributed by atoms with E-state index in [1.807, 2.05) is 70.3 Å². The average molecular weight is 526 g/mol. The molecule has 10 heteroatoms. The van der Waals surface area contributed by atoms with Crippen LogP contribution in [0.3, 0.4) is 0 Å². The number of rotatable bonds is 8. The zero-order chi connectivity index (χ0) is 26.6. The van der Waals surface area contributed by atoms with Gasteiger partial charge < -0.3 is 25.4 Å². The number of aromatic nitrogens is 4. The lowest BCUT2D eigenvalue weighted by molar-refractivity contribution is -0.125. The number of likely N-dealkylation sites (tertiary alicyclic amines) is 1. The summed E-state index contributed by atoms with van der Waals surface area (Å²) in [6.45, 7) is 3.38. The summed E-state index contributed by atoms with van der Waals surface area (Å²) in [6, 6.07) is 17.7. The fourth-order valence-corrected chi connectivity index (χ4v) is 5.09. The molecule has 4 heterocycles. The first-order chi connectivity index (χ1) is 19.2. The minimum Gasteiger partial charge on any atom is -0.457 e. The predicted octanol–water partition coefficient (Wildman–Crippen LogP) is 3.58. The Morgan fingerprint density at radius 1 is 1.10 bits per heavy atom. The highest BCUT2D eigenvalue weighted by molar-refractivity contribution is 5.98. The van der Waals surface area contributed by atoms with Gasteiger partial charge in [-0.1, -0.05) is 24.3 Å². The van der Waals surface area contributed by atoms with Gasteiger partial charge >= 0.3 is 0 Å². The van der Waals surface area contributed by atoms with E-state index in [4.69, 9.17) is 20.3 Å². The number of hydrogen-bond acceptors (Lipinski definition) is 8. The number of hydrogen-bond donors (Lipinski definition) is 2. The summed E-state index contributed by atoms with van der Waals surface area (Å²) in [6.07, 6.45) is 6.78. The van der Waals surface area contributed by atoms with Crippen LogP contribution in [0, 0.1) is 0 Å². The van der Waals surface area contributed by atoms with Gasteiger partial charge in [-0.3, -0.25) is 4.79 Å². The molecule has 2 aliphatic rings. The third-order valence-corrected chi connectivity index (χ3v) is 7.16. The Labute approximate surface area is 226 Å². The maximum absolute atomic E-state index is 12.8. The molecule has 0 aliphatic carbocycles. The van der Waals surface area contributed by atoms with Gasteiger partial charge in [-0.2, -0.15) is 5.10 Å². The number of anilines is 1. The van der Waals surface area contributed by atoms with Gasteiger partial charge in [0.05, 0.1) is 18.0 Å². The van der Waals surface area contributed by atoms with Crippen LogP contribution in [0.1, 0.15) is 18.9 Å². The molecule has 2 saturated heterocycles. The number of fused-ring (bicyclic) bond motifs is 1. The monoisotopic (exact) mass is 525 g/mol. The fourth-order valence-electron chi connectivity index (χ4n) is 5.09. The molecule has 2 fully saturated rings. The lowest BCUT2D eigenvalue weighted by Crippen LogP contribution is -2.30. The van der Waals surface area contributed by atoms with Crippen molar-refractivity contribution in [2.75, 3.05) is 38.6 Å². The molecular formula is C29H31N7O3. The number of para-hydroxylation sites is 1. The largest absolute Gasteiger partial charge is 0.457 e. The Morgan fingerprint density at radius 2 is 1.92 bits per heavy atom. The third-order valence-electron chi connectivity index (χ3n) is 7.16. The number of nitrogens with two attached hydrogens (primary N) is 1. The van der Waals surface area contributed by atoms with Crippen molar-refractivity contribution in [2.24, 2.45) is 0 Å². The predicted molar refractivity (Wildman–Crippen MR) is 148 cm³/mol. The third kappa shape index (κ3) is 5.47. The van der Waals surface area contributed by atoms with Crippen LogP contribution in [0.5, 0.6) is 11.5 Å². The second-order valence-corrected chi connectivity index (χ2v) is 9.79. The lowest BCUT2D eigenvalue weighted by Gasteiger charge is -2.15. The van der Waals surface area contributed by atoms with Gasteiger partial charge in [-0.25, -0.2) is 14.6 Å². The van der Waals surface area contributed by atoms with Crippen LogP contribution in [0.4, 0.5) is 5.82 Å². The molecule has 6 rings (SSSR count). The first-order valence-corrected chi connectivity index (χ1v) is 13.2. The molecule has 10 nitrogen and oxygen atoms in total. The molecule has 0 spiro atoms. The molecule has 2 atom stereocenters. The Hall–Kier alpha value is -4.28. The van der Waals surface area contributed by atoms with E-state index in [9.17, 15) is 4.79 Å². The molecule has 2 aromatic carbocycles. The van der Waals surface area contributed by atoms with Crippen molar-refractivity contribution in [1.82, 2.24) is 30.0 Å². The average Bonchev–Trinajstić information content (AvgIpc) is 3.73. The van der Waals surface area contributed by atoms with Gasteiger partial charge in [0, 0.05) is 43.9 Å². The van der Waals surface area contributed by atoms with Gasteiger partial charge in [-0.05, 0) is 49.2 Å². The van der Waals surface area contributed by atoms with Crippen molar-refractivity contribution in [2.45, 2.75) is 24.9 Å². The molecule has 2 aliphatic heterocycles. The highest BCUT2D eigenvalue weighted by Crippen LogP contribution is 2.35. The van der Waals surface area contributed by atoms with E-state index < -0.39 is 0 Å². The first kappa shape index (κ1) is 25.0. The lowest BCUT2D eigenvalue weighted by atomic mass is 10.1. The maximum Gasteiger partial charge on any atom is 0.246 e. The quantitative estimate of drug-likeness (QED) is 0.335. The molecule has 3 N–H and O–H groups in total. The minimum absolute atomic E-state index is 0.00167. The van der Waals surface area contributed by atoms with Crippen LogP contribution >= 0.6 is 0 Å². The maximum atomic E-state index is 12.8. The van der Waals surface area contributed by atoms with Crippen molar-refractivity contribution in [3.63, 3.8) is 0 Å². The summed E-state index contributed by atoms with van der Waals surface area (Å²) in [5.74, 6) is 1.87. The summed E-state index contributed by atoms with van der Waals surface area (Å²) in [5.41, 5.74) is 8.57. The molecule has 1 amide bonds. The Bertz CT molecular complexity index is 1460. The van der Waals surface area contributed by atoms with Crippen molar-refractivity contribution < 1.29 is 14.3 Å². The highest BCUT2D eigenvalue weighted by Gasteiger charge is 2.30. The van der Waals surface area contributed by atoms with Crippen molar-refractivity contribution in [1.29, 1.82) is 0 Å². The standard InChI is InChI=1S/C29H31N7O3/c30-28-26-27(20-8-10-24(11-9-20)39-23-5-2-1-3-6-23)34-36(29(26)33-19-32-28)22-12-15-35(17-22)25(37)7-4-14-31-21-13-16-38-18-21/h1-11,19,21-22,31H,12-18H2,(H2,30,32,33)/b7-4+. The van der Waals surface area contributed by atoms with E-state index in [2.05, 4.69) is 15.3 Å². The summed E-state index contributed by atoms with van der Waals surface area (Å²) >= 11 is 0. The minimum atomic E-state index is -0.0117. The second-order valence-electron chi connectivity index (χ2n) is 9.79. The summed E-state index contributed by atoms with van der Waals surface area (Å²) < 4.78 is 13.2. The fraction of sp³-hybridized carbons (Fsp3) is 0.310. The first-order valence-electron chi connectivity index (χ1n) is 13.2. The van der Waals surface area contributed by atoms with Gasteiger partial charge in [0.2, 0.25) is 5.91 Å². The van der Waals surface area contributed by atoms with Gasteiger partial charge in [0.1, 0.15) is 29.3 Å². The van der Waals surface area contributed by atoms with E-state index in [1.165, 1.54) is 6.33 Å². The summed E-state index contributed by atoms with van der Waals surface area (Å²) in [7, 11) is 0. The Kier molecular flexibility index (Phi) is 7.20. The van der Waals surface area contributed by atoms with Gasteiger partial charge in [0.15, 0.2) is 5.65 Å². The second kappa shape index (κ2) is 11.2. The number of benzene rings is 2. The van der Waals surface area contributed by atoms with Gasteiger partial charge in [0.25, 0.3) is 0 Å². The van der Waals surface area contributed by atoms with E-state index in [1.54, 1.807) is 6.08 Å². The van der Waals surface area contributed by atoms with Crippen LogP contribution in [0.15, 0.2) is 73.1 Å². The van der Waals surface area contributed by atoms with Crippen molar-refractivity contribution in [3.05, 3.63) is 73.1 Å². The Morgan fingerprint density at radius 3 is 2.72 bits per heavy atom. The Balaban J connectivity index is 1.18. The number of nitrogens with zero attached hydrogens (tertiary/aromatic N) is 5. The summed E-state index contributed by atoms with van der Waals surface area (Å²) in [4.78, 5) is 23.4. The number of carbonyl (C=O) groups excluding carboxylic acids is 1. The number of nitrogen functional groups attached to an aromatic ring is 1. The van der Waals surface area contributed by atoms with Crippen molar-refractivity contribution >= 4 is 22.8 Å². The van der Waals surface area contributed by atoms with Crippen LogP contribution in [0.25, 0.3) is 22.3 Å². The molecule has 200 valence electrons. The number of amides is 1. The van der Waals surface area contributed by atoms with E-state index in [0.29, 0.717) is 48.2 Å². The molecule has 2 unspecified atom stereocenters. The number of nitrogens with one attached hydrogen (secondary N) is 1. The normalized spacial score (nSPS) is 19.3. The van der Waals surface area contributed by atoms with E-state index in [-0.39, 0.29) is 11.9 Å². The molecule has 4 aromatic rings. The smallest absolute Gasteiger partial charge is 0.246 e. The van der Waals surface area contributed by atoms with E-state index in [0.717, 1.165) is 43.1 Å². The highest BCUT2D eigenvalue weighted by atomic mass is 16.5. The molecular weight excluding hydrogens is 494 g/mol. The van der Waals surface area contributed by atoms with Crippen LogP contribution in [-0.4, -0.2) is 69.4 Å². The zero-order valence-corrected chi connectivity index (χ0v) is 21.6. The molecule has 0 bridgehead atoms. The topological polar surface area (TPSA) is 120 Å². The van der Waals surface area contributed by atoms with Gasteiger partial charge in [-0.15, -0.1) is 0 Å². The summed E-state index contributed by atoms with van der Waals surface area (Å²) in [5, 5.41) is 9.04. The molecule has 2 aromatic heterocycles.